The van der Waals surface area contributed by atoms with Gasteiger partial charge in [0.1, 0.15) is 6.04 Å². The summed E-state index contributed by atoms with van der Waals surface area (Å²) in [6.07, 6.45) is 2.26. The van der Waals surface area contributed by atoms with Gasteiger partial charge in [-0.05, 0) is 44.0 Å². The standard InChI is InChI=1S/C15H20N2O5S/c1-3-22-15(19)11-6-8-12(9-7-11)16-14(18)13-5-4-10-17(13)23(2,20)21/h6-9,13H,3-5,10H2,1-2H3,(H,16,18)/t13-/m1/s1. The lowest BCUT2D eigenvalue weighted by molar-refractivity contribution is -0.119. The van der Waals surface area contributed by atoms with Crippen LogP contribution in [0.15, 0.2) is 24.3 Å². The highest BCUT2D eigenvalue weighted by Crippen LogP contribution is 2.22. The van der Waals surface area contributed by atoms with E-state index in [4.69, 9.17) is 4.74 Å². The van der Waals surface area contributed by atoms with E-state index in [0.29, 0.717) is 37.2 Å². The molecule has 0 unspecified atom stereocenters. The van der Waals surface area contributed by atoms with Crippen molar-refractivity contribution in [3.05, 3.63) is 29.8 Å². The zero-order chi connectivity index (χ0) is 17.0. The minimum atomic E-state index is -3.40. The highest BCUT2D eigenvalue weighted by molar-refractivity contribution is 7.88. The first-order valence-electron chi connectivity index (χ1n) is 7.38. The van der Waals surface area contributed by atoms with Gasteiger partial charge in [0.2, 0.25) is 15.9 Å². The molecule has 1 N–H and O–H groups in total. The van der Waals surface area contributed by atoms with Crippen molar-refractivity contribution in [2.24, 2.45) is 0 Å². The van der Waals surface area contributed by atoms with Crippen molar-refractivity contribution < 1.29 is 22.7 Å². The van der Waals surface area contributed by atoms with Crippen molar-refractivity contribution in [1.29, 1.82) is 0 Å². The van der Waals surface area contributed by atoms with Gasteiger partial charge in [0.05, 0.1) is 18.4 Å². The Labute approximate surface area is 135 Å². The number of ether oxygens (including phenoxy) is 1. The molecule has 1 aliphatic rings. The fourth-order valence-corrected chi connectivity index (χ4v) is 3.65. The van der Waals surface area contributed by atoms with E-state index in [-0.39, 0.29) is 5.91 Å². The lowest BCUT2D eigenvalue weighted by Gasteiger charge is -2.21. The van der Waals surface area contributed by atoms with Crippen molar-refractivity contribution in [3.8, 4) is 0 Å². The average molecular weight is 340 g/mol. The number of sulfonamides is 1. The predicted molar refractivity (Wildman–Crippen MR) is 85.6 cm³/mol. The van der Waals surface area contributed by atoms with E-state index in [1.54, 1.807) is 31.2 Å². The second-order valence-corrected chi connectivity index (χ2v) is 7.25. The van der Waals surface area contributed by atoms with Crippen LogP contribution in [0.1, 0.15) is 30.1 Å². The molecule has 1 fully saturated rings. The Bertz CT molecular complexity index is 684. The number of rotatable bonds is 5. The van der Waals surface area contributed by atoms with E-state index in [1.807, 2.05) is 0 Å². The highest BCUT2D eigenvalue weighted by atomic mass is 32.2. The predicted octanol–water partition coefficient (Wildman–Crippen LogP) is 1.23. The third-order valence-electron chi connectivity index (χ3n) is 3.60. The number of esters is 1. The fraction of sp³-hybridized carbons (Fsp3) is 0.467. The van der Waals surface area contributed by atoms with E-state index in [1.165, 1.54) is 4.31 Å². The molecule has 1 aromatic rings. The molecule has 1 atom stereocenters. The van der Waals surface area contributed by atoms with E-state index >= 15 is 0 Å². The zero-order valence-corrected chi connectivity index (χ0v) is 13.9. The van der Waals surface area contributed by atoms with Crippen molar-refractivity contribution in [1.82, 2.24) is 4.31 Å². The van der Waals surface area contributed by atoms with E-state index in [2.05, 4.69) is 5.32 Å². The Hall–Kier alpha value is -1.93. The number of carbonyl (C=O) groups is 2. The fourth-order valence-electron chi connectivity index (χ4n) is 2.53. The first-order chi connectivity index (χ1) is 10.8. The summed E-state index contributed by atoms with van der Waals surface area (Å²) in [5.74, 6) is -0.791. The van der Waals surface area contributed by atoms with Crippen LogP contribution in [0.2, 0.25) is 0 Å². The van der Waals surface area contributed by atoms with Crippen LogP contribution < -0.4 is 5.32 Å². The number of carbonyl (C=O) groups excluding carboxylic acids is 2. The molecule has 126 valence electrons. The summed E-state index contributed by atoms with van der Waals surface area (Å²) in [4.78, 5) is 23.8. The number of hydrogen-bond acceptors (Lipinski definition) is 5. The monoisotopic (exact) mass is 340 g/mol. The van der Waals surface area contributed by atoms with Crippen molar-refractivity contribution >= 4 is 27.6 Å². The number of nitrogens with one attached hydrogen (secondary N) is 1. The van der Waals surface area contributed by atoms with Gasteiger partial charge in [-0.3, -0.25) is 4.79 Å². The van der Waals surface area contributed by atoms with E-state index in [0.717, 1.165) is 6.26 Å². The van der Waals surface area contributed by atoms with Crippen LogP contribution in [0.3, 0.4) is 0 Å². The number of hydrogen-bond donors (Lipinski definition) is 1. The van der Waals surface area contributed by atoms with Crippen molar-refractivity contribution in [2.75, 3.05) is 24.7 Å². The molecule has 8 heteroatoms. The van der Waals surface area contributed by atoms with Crippen LogP contribution >= 0.6 is 0 Å². The van der Waals surface area contributed by atoms with E-state index in [9.17, 15) is 18.0 Å². The first-order valence-corrected chi connectivity index (χ1v) is 9.22. The quantitative estimate of drug-likeness (QED) is 0.814. The van der Waals surface area contributed by atoms with Crippen molar-refractivity contribution in [3.63, 3.8) is 0 Å². The van der Waals surface area contributed by atoms with Crippen LogP contribution in [0.5, 0.6) is 0 Å². The third-order valence-corrected chi connectivity index (χ3v) is 4.88. The molecule has 0 aliphatic carbocycles. The maximum Gasteiger partial charge on any atom is 0.338 e. The Morgan fingerprint density at radius 2 is 1.96 bits per heavy atom. The first kappa shape index (κ1) is 17.4. The molecule has 1 saturated heterocycles. The molecule has 2 rings (SSSR count). The van der Waals surface area contributed by atoms with Crippen LogP contribution in [-0.2, 0) is 19.6 Å². The van der Waals surface area contributed by atoms with Crippen LogP contribution in [0.25, 0.3) is 0 Å². The molecule has 0 bridgehead atoms. The highest BCUT2D eigenvalue weighted by Gasteiger charge is 2.36. The molecule has 0 radical (unpaired) electrons. The molecule has 1 heterocycles. The smallest absolute Gasteiger partial charge is 0.338 e. The Balaban J connectivity index is 2.04. The zero-order valence-electron chi connectivity index (χ0n) is 13.1. The number of benzene rings is 1. The van der Waals surface area contributed by atoms with Gasteiger partial charge in [0, 0.05) is 12.2 Å². The topological polar surface area (TPSA) is 92.8 Å². The average Bonchev–Trinajstić information content (AvgIpc) is 2.98. The van der Waals surface area contributed by atoms with Gasteiger partial charge in [-0.1, -0.05) is 0 Å². The largest absolute Gasteiger partial charge is 0.462 e. The molecular formula is C15H20N2O5S. The second-order valence-electron chi connectivity index (χ2n) is 5.32. The molecule has 1 aliphatic heterocycles. The third kappa shape index (κ3) is 4.29. The van der Waals surface area contributed by atoms with Gasteiger partial charge in [0.25, 0.3) is 0 Å². The second kappa shape index (κ2) is 7.10. The summed E-state index contributed by atoms with van der Waals surface area (Å²) in [7, 11) is -3.40. The molecule has 23 heavy (non-hydrogen) atoms. The summed E-state index contributed by atoms with van der Waals surface area (Å²) < 4.78 is 29.5. The minimum absolute atomic E-state index is 0.292. The Kier molecular flexibility index (Phi) is 5.38. The van der Waals surface area contributed by atoms with Gasteiger partial charge in [-0.2, -0.15) is 4.31 Å². The van der Waals surface area contributed by atoms with Crippen LogP contribution in [0, 0.1) is 0 Å². The molecule has 1 aromatic carbocycles. The normalized spacial score (nSPS) is 18.6. The Morgan fingerprint density at radius 1 is 1.30 bits per heavy atom. The maximum absolute atomic E-state index is 12.3. The van der Waals surface area contributed by atoms with Crippen LogP contribution in [-0.4, -0.2) is 50.0 Å². The Morgan fingerprint density at radius 3 is 2.52 bits per heavy atom. The summed E-state index contributed by atoms with van der Waals surface area (Å²) in [6.45, 7) is 2.38. The van der Waals surface area contributed by atoms with Gasteiger partial charge < -0.3 is 10.1 Å². The molecule has 0 aromatic heterocycles. The lowest BCUT2D eigenvalue weighted by atomic mass is 10.2. The summed E-state index contributed by atoms with van der Waals surface area (Å²) >= 11 is 0. The maximum atomic E-state index is 12.3. The van der Waals surface area contributed by atoms with Gasteiger partial charge in [-0.15, -0.1) is 0 Å². The molecule has 7 nitrogen and oxygen atoms in total. The minimum Gasteiger partial charge on any atom is -0.462 e. The number of amides is 1. The SMILES string of the molecule is CCOC(=O)c1ccc(NC(=O)[C@H]2CCCN2S(C)(=O)=O)cc1. The number of anilines is 1. The molecule has 0 saturated carbocycles. The van der Waals surface area contributed by atoms with Gasteiger partial charge in [0.15, 0.2) is 0 Å². The molecule has 1 amide bonds. The van der Waals surface area contributed by atoms with Crippen molar-refractivity contribution in [2.45, 2.75) is 25.8 Å². The van der Waals surface area contributed by atoms with E-state index < -0.39 is 22.0 Å². The summed E-state index contributed by atoms with van der Waals surface area (Å²) in [5.41, 5.74) is 0.895. The van der Waals surface area contributed by atoms with Gasteiger partial charge in [-0.25, -0.2) is 13.2 Å². The number of nitrogens with zero attached hydrogens (tertiary/aromatic N) is 1. The lowest BCUT2D eigenvalue weighted by Crippen LogP contribution is -2.42. The van der Waals surface area contributed by atoms with Crippen LogP contribution in [0.4, 0.5) is 5.69 Å². The summed E-state index contributed by atoms with van der Waals surface area (Å²) in [6, 6.07) is 5.59. The molecule has 0 spiro atoms. The van der Waals surface area contributed by atoms with Gasteiger partial charge >= 0.3 is 5.97 Å². The molecular weight excluding hydrogens is 320 g/mol. The summed E-state index contributed by atoms with van der Waals surface area (Å²) in [5, 5.41) is 2.69.